The quantitative estimate of drug-likeness (QED) is 0.365. The van der Waals surface area contributed by atoms with Gasteiger partial charge in [0.25, 0.3) is 0 Å². The fraction of sp³-hybridized carbons (Fsp3) is 0.909. The molecule has 2 heteroatoms. The molecule has 78 valence electrons. The molecular formula is C11H23NO. The van der Waals surface area contributed by atoms with Crippen molar-refractivity contribution < 1.29 is 5.21 Å². The van der Waals surface area contributed by atoms with Crippen LogP contribution in [-0.2, 0) is 0 Å². The molecule has 0 aliphatic rings. The molecule has 0 saturated heterocycles. The van der Waals surface area contributed by atoms with Crippen LogP contribution in [0, 0.1) is 5.92 Å². The molecule has 0 aromatic heterocycles. The highest BCUT2D eigenvalue weighted by Crippen LogP contribution is 2.18. The van der Waals surface area contributed by atoms with Gasteiger partial charge in [-0.3, -0.25) is 0 Å². The summed E-state index contributed by atoms with van der Waals surface area (Å²) in [6, 6.07) is 0. The van der Waals surface area contributed by atoms with E-state index in [0.717, 1.165) is 18.1 Å². The fourth-order valence-corrected chi connectivity index (χ4v) is 1.51. The number of unbranched alkanes of at least 4 members (excludes halogenated alkanes) is 1. The van der Waals surface area contributed by atoms with Crippen LogP contribution < -0.4 is 0 Å². The first-order valence-corrected chi connectivity index (χ1v) is 5.42. The van der Waals surface area contributed by atoms with Crippen molar-refractivity contribution in [2.24, 2.45) is 11.1 Å². The zero-order valence-corrected chi connectivity index (χ0v) is 9.21. The molecule has 2 nitrogen and oxygen atoms in total. The molecule has 0 spiro atoms. The van der Waals surface area contributed by atoms with E-state index < -0.39 is 0 Å². The van der Waals surface area contributed by atoms with Gasteiger partial charge in [-0.15, -0.1) is 0 Å². The van der Waals surface area contributed by atoms with Crippen molar-refractivity contribution in [3.05, 3.63) is 0 Å². The summed E-state index contributed by atoms with van der Waals surface area (Å²) in [5, 5.41) is 11.7. The van der Waals surface area contributed by atoms with Gasteiger partial charge in [-0.25, -0.2) is 0 Å². The molecule has 13 heavy (non-hydrogen) atoms. The second-order valence-corrected chi connectivity index (χ2v) is 3.79. The molecule has 0 radical (unpaired) electrons. The van der Waals surface area contributed by atoms with E-state index in [1.54, 1.807) is 0 Å². The highest BCUT2D eigenvalue weighted by atomic mass is 16.4. The van der Waals surface area contributed by atoms with Gasteiger partial charge in [0.05, 0.1) is 5.71 Å². The van der Waals surface area contributed by atoms with Crippen LogP contribution in [0.2, 0.25) is 0 Å². The van der Waals surface area contributed by atoms with Crippen LogP contribution in [0.3, 0.4) is 0 Å². The van der Waals surface area contributed by atoms with Gasteiger partial charge in [-0.1, -0.05) is 44.7 Å². The van der Waals surface area contributed by atoms with Gasteiger partial charge >= 0.3 is 0 Å². The normalized spacial score (nSPS) is 14.5. The Morgan fingerprint density at radius 3 is 2.46 bits per heavy atom. The van der Waals surface area contributed by atoms with E-state index in [1.165, 1.54) is 32.1 Å². The van der Waals surface area contributed by atoms with Gasteiger partial charge < -0.3 is 5.21 Å². The molecule has 1 atom stereocenters. The lowest BCUT2D eigenvalue weighted by atomic mass is 9.93. The van der Waals surface area contributed by atoms with Gasteiger partial charge in [0.1, 0.15) is 0 Å². The Balaban J connectivity index is 3.59. The van der Waals surface area contributed by atoms with Crippen LogP contribution in [0.15, 0.2) is 5.16 Å². The summed E-state index contributed by atoms with van der Waals surface area (Å²) < 4.78 is 0. The Labute approximate surface area is 82.0 Å². The SMILES string of the molecule is CCCCC(CC)CCC(C)=NO. The molecule has 0 aromatic rings. The minimum absolute atomic E-state index is 0.816. The second-order valence-electron chi connectivity index (χ2n) is 3.79. The minimum Gasteiger partial charge on any atom is -0.411 e. The van der Waals surface area contributed by atoms with Gasteiger partial charge in [0, 0.05) is 0 Å². The zero-order chi connectivity index (χ0) is 10.1. The summed E-state index contributed by atoms with van der Waals surface area (Å²) in [7, 11) is 0. The van der Waals surface area contributed by atoms with Gasteiger partial charge in [-0.05, 0) is 25.7 Å². The van der Waals surface area contributed by atoms with Gasteiger partial charge in [0.15, 0.2) is 0 Å². The summed E-state index contributed by atoms with van der Waals surface area (Å²) in [4.78, 5) is 0. The largest absolute Gasteiger partial charge is 0.411 e. The van der Waals surface area contributed by atoms with Crippen molar-refractivity contribution in [1.29, 1.82) is 0 Å². The molecule has 0 fully saturated rings. The van der Waals surface area contributed by atoms with E-state index >= 15 is 0 Å². The molecule has 0 saturated carbocycles. The maximum Gasteiger partial charge on any atom is 0.0540 e. The van der Waals surface area contributed by atoms with Crippen LogP contribution >= 0.6 is 0 Å². The predicted molar refractivity (Wildman–Crippen MR) is 57.4 cm³/mol. The molecule has 0 aliphatic carbocycles. The fourth-order valence-electron chi connectivity index (χ4n) is 1.51. The lowest BCUT2D eigenvalue weighted by Crippen LogP contribution is -2.02. The van der Waals surface area contributed by atoms with Crippen molar-refractivity contribution in [2.45, 2.75) is 59.3 Å². The monoisotopic (exact) mass is 185 g/mol. The third-order valence-corrected chi connectivity index (χ3v) is 2.63. The Morgan fingerprint density at radius 1 is 1.31 bits per heavy atom. The number of rotatable bonds is 7. The number of nitrogens with zero attached hydrogens (tertiary/aromatic N) is 1. The van der Waals surface area contributed by atoms with E-state index in [0.29, 0.717) is 0 Å². The minimum atomic E-state index is 0.816. The average Bonchev–Trinajstić information content (AvgIpc) is 2.17. The number of hydrogen-bond donors (Lipinski definition) is 1. The van der Waals surface area contributed by atoms with E-state index in [4.69, 9.17) is 5.21 Å². The maximum atomic E-state index is 8.48. The third-order valence-electron chi connectivity index (χ3n) is 2.63. The van der Waals surface area contributed by atoms with Crippen LogP contribution in [0.5, 0.6) is 0 Å². The van der Waals surface area contributed by atoms with Crippen molar-refractivity contribution in [1.82, 2.24) is 0 Å². The van der Waals surface area contributed by atoms with Gasteiger partial charge in [0.2, 0.25) is 0 Å². The molecule has 0 bridgehead atoms. The van der Waals surface area contributed by atoms with Crippen molar-refractivity contribution in [2.75, 3.05) is 0 Å². The molecular weight excluding hydrogens is 162 g/mol. The summed E-state index contributed by atoms with van der Waals surface area (Å²) in [5.74, 6) is 0.816. The highest BCUT2D eigenvalue weighted by molar-refractivity contribution is 5.81. The van der Waals surface area contributed by atoms with E-state index in [1.807, 2.05) is 6.92 Å². The molecule has 0 amide bonds. The summed E-state index contributed by atoms with van der Waals surface area (Å²) >= 11 is 0. The van der Waals surface area contributed by atoms with E-state index in [2.05, 4.69) is 19.0 Å². The molecule has 0 aromatic carbocycles. The van der Waals surface area contributed by atoms with Crippen molar-refractivity contribution in [3.8, 4) is 0 Å². The Kier molecular flexibility index (Phi) is 7.76. The van der Waals surface area contributed by atoms with Crippen LogP contribution in [0.25, 0.3) is 0 Å². The Morgan fingerprint density at radius 2 is 2.00 bits per heavy atom. The van der Waals surface area contributed by atoms with Crippen LogP contribution in [0.1, 0.15) is 59.3 Å². The summed E-state index contributed by atoms with van der Waals surface area (Å²) in [5.41, 5.74) is 0.856. The maximum absolute atomic E-state index is 8.48. The second kappa shape index (κ2) is 8.09. The molecule has 1 unspecified atom stereocenters. The average molecular weight is 185 g/mol. The van der Waals surface area contributed by atoms with E-state index in [-0.39, 0.29) is 0 Å². The van der Waals surface area contributed by atoms with Crippen LogP contribution in [-0.4, -0.2) is 10.9 Å². The lowest BCUT2D eigenvalue weighted by Gasteiger charge is -2.13. The van der Waals surface area contributed by atoms with Gasteiger partial charge in [-0.2, -0.15) is 0 Å². The lowest BCUT2D eigenvalue weighted by molar-refractivity contribution is 0.316. The Hall–Kier alpha value is -0.530. The van der Waals surface area contributed by atoms with E-state index in [9.17, 15) is 0 Å². The summed E-state index contributed by atoms with van der Waals surface area (Å²) in [6.45, 7) is 6.35. The standard InChI is InChI=1S/C11H23NO/c1-4-6-7-11(5-2)9-8-10(3)12-13/h11,13H,4-9H2,1-3H3. The predicted octanol–water partition coefficient (Wildman–Crippen LogP) is 3.83. The van der Waals surface area contributed by atoms with Crippen molar-refractivity contribution >= 4 is 5.71 Å². The number of oxime groups is 1. The molecule has 0 aliphatic heterocycles. The molecule has 1 N–H and O–H groups in total. The summed E-state index contributed by atoms with van der Waals surface area (Å²) in [6.07, 6.45) is 7.30. The highest BCUT2D eigenvalue weighted by Gasteiger charge is 2.06. The van der Waals surface area contributed by atoms with Crippen molar-refractivity contribution in [3.63, 3.8) is 0 Å². The molecule has 0 rings (SSSR count). The Bertz CT molecular complexity index is 143. The zero-order valence-electron chi connectivity index (χ0n) is 9.21. The smallest absolute Gasteiger partial charge is 0.0540 e. The number of hydrogen-bond acceptors (Lipinski definition) is 2. The first-order valence-electron chi connectivity index (χ1n) is 5.42. The topological polar surface area (TPSA) is 32.6 Å². The van der Waals surface area contributed by atoms with Crippen LogP contribution in [0.4, 0.5) is 0 Å². The molecule has 0 heterocycles. The third kappa shape index (κ3) is 6.62. The first kappa shape index (κ1) is 12.5. The first-order chi connectivity index (χ1) is 6.24.